The Kier molecular flexibility index (Phi) is 21.1. The summed E-state index contributed by atoms with van der Waals surface area (Å²) in [7, 11) is 3.05. The molecule has 0 atom stereocenters. The highest BCUT2D eigenvalue weighted by atomic mass is 16.5. The van der Waals surface area contributed by atoms with Crippen LogP contribution in [-0.2, 0) is 23.8 Å². The van der Waals surface area contributed by atoms with Gasteiger partial charge in [0, 0.05) is 27.4 Å². The number of rotatable bonds is 27. The maximum Gasteiger partial charge on any atom is 0.314 e. The van der Waals surface area contributed by atoms with Gasteiger partial charge in [0.05, 0.1) is 18.6 Å². The van der Waals surface area contributed by atoms with Crippen molar-refractivity contribution in [3.63, 3.8) is 0 Å². The predicted octanol–water partition coefficient (Wildman–Crippen LogP) is 7.11. The lowest BCUT2D eigenvalue weighted by Crippen LogP contribution is -2.40. The molecule has 0 aliphatic heterocycles. The van der Waals surface area contributed by atoms with Gasteiger partial charge in [-0.25, -0.2) is 0 Å². The largest absolute Gasteiger partial charge is 0.481 e. The van der Waals surface area contributed by atoms with Crippen molar-refractivity contribution < 1.29 is 34.0 Å². The lowest BCUT2D eigenvalue weighted by atomic mass is 9.74. The molecule has 7 heteroatoms. The van der Waals surface area contributed by atoms with Gasteiger partial charge < -0.3 is 24.4 Å². The summed E-state index contributed by atoms with van der Waals surface area (Å²) in [5.41, 5.74) is -1.52. The Labute approximate surface area is 220 Å². The second-order valence-corrected chi connectivity index (χ2v) is 10.5. The minimum atomic E-state index is -0.961. The van der Waals surface area contributed by atoms with Crippen molar-refractivity contribution >= 4 is 11.9 Å². The minimum absolute atomic E-state index is 0.162. The first kappa shape index (κ1) is 34.8. The molecule has 0 radical (unpaired) electrons. The molecule has 0 aromatic heterocycles. The first-order valence-electron chi connectivity index (χ1n) is 14.4. The number of methoxy groups -OCH3 is 2. The van der Waals surface area contributed by atoms with E-state index in [1.54, 1.807) is 0 Å². The maximum atomic E-state index is 12.2. The van der Waals surface area contributed by atoms with E-state index in [4.69, 9.17) is 14.2 Å². The molecule has 0 aliphatic carbocycles. The van der Waals surface area contributed by atoms with Crippen LogP contribution < -0.4 is 0 Å². The van der Waals surface area contributed by atoms with Crippen molar-refractivity contribution in [2.24, 2.45) is 10.8 Å². The Hall–Kier alpha value is -1.18. The molecule has 0 fully saturated rings. The van der Waals surface area contributed by atoms with Crippen LogP contribution in [0.5, 0.6) is 0 Å². The van der Waals surface area contributed by atoms with E-state index in [1.807, 2.05) is 0 Å². The monoisotopic (exact) mass is 516 g/mol. The van der Waals surface area contributed by atoms with Gasteiger partial charge >= 0.3 is 11.9 Å². The molecule has 7 nitrogen and oxygen atoms in total. The molecule has 0 aromatic carbocycles. The van der Waals surface area contributed by atoms with Crippen LogP contribution in [0.25, 0.3) is 0 Å². The van der Waals surface area contributed by atoms with Crippen molar-refractivity contribution in [1.29, 1.82) is 0 Å². The summed E-state index contributed by atoms with van der Waals surface area (Å²) < 4.78 is 16.1. The van der Waals surface area contributed by atoms with Gasteiger partial charge in [-0.2, -0.15) is 0 Å². The molecule has 0 amide bonds. The van der Waals surface area contributed by atoms with Gasteiger partial charge in [0.1, 0.15) is 5.41 Å². The molecule has 36 heavy (non-hydrogen) atoms. The number of unbranched alkanes of at least 4 members (excludes halogenated alkanes) is 9. The molecule has 0 saturated carbocycles. The number of aliphatic carboxylic acids is 2. The molecule has 0 heterocycles. The van der Waals surface area contributed by atoms with Crippen molar-refractivity contribution in [3.8, 4) is 0 Å². The fourth-order valence-corrected chi connectivity index (χ4v) is 5.06. The number of hydrogen-bond acceptors (Lipinski definition) is 5. The van der Waals surface area contributed by atoms with Crippen LogP contribution in [0.3, 0.4) is 0 Å². The number of ether oxygens (including phenoxy) is 3. The molecule has 0 bridgehead atoms. The summed E-state index contributed by atoms with van der Waals surface area (Å²) in [5, 5.41) is 19.6. The van der Waals surface area contributed by atoms with Gasteiger partial charge in [-0.05, 0) is 38.5 Å². The summed E-state index contributed by atoms with van der Waals surface area (Å²) in [6, 6.07) is 0. The zero-order valence-electron chi connectivity index (χ0n) is 23.8. The van der Waals surface area contributed by atoms with E-state index >= 15 is 0 Å². The summed E-state index contributed by atoms with van der Waals surface area (Å²) in [6.45, 7) is 6.06. The quantitative estimate of drug-likeness (QED) is 0.112. The van der Waals surface area contributed by atoms with E-state index in [1.165, 1.54) is 14.2 Å². The van der Waals surface area contributed by atoms with Crippen LogP contribution in [0.15, 0.2) is 0 Å². The molecule has 0 rings (SSSR count). The maximum absolute atomic E-state index is 12.2. The van der Waals surface area contributed by atoms with E-state index < -0.39 is 22.8 Å². The zero-order valence-corrected chi connectivity index (χ0v) is 23.8. The van der Waals surface area contributed by atoms with Crippen LogP contribution in [0.2, 0.25) is 0 Å². The highest BCUT2D eigenvalue weighted by Gasteiger charge is 2.38. The summed E-state index contributed by atoms with van der Waals surface area (Å²) in [5.74, 6) is -1.47. The Morgan fingerprint density at radius 2 is 0.917 bits per heavy atom. The lowest BCUT2D eigenvalue weighted by molar-refractivity contribution is -0.157. The third-order valence-electron chi connectivity index (χ3n) is 7.40. The summed E-state index contributed by atoms with van der Waals surface area (Å²) in [6.07, 6.45) is 16.1. The third-order valence-corrected chi connectivity index (χ3v) is 7.40. The first-order valence-corrected chi connectivity index (χ1v) is 14.4. The summed E-state index contributed by atoms with van der Waals surface area (Å²) >= 11 is 0. The van der Waals surface area contributed by atoms with Crippen molar-refractivity contribution in [2.75, 3.05) is 40.6 Å². The van der Waals surface area contributed by atoms with Gasteiger partial charge in [0.2, 0.25) is 0 Å². The van der Waals surface area contributed by atoms with Crippen molar-refractivity contribution in [3.05, 3.63) is 0 Å². The van der Waals surface area contributed by atoms with Gasteiger partial charge in [0.25, 0.3) is 0 Å². The Morgan fingerprint density at radius 3 is 1.36 bits per heavy atom. The molecule has 0 saturated heterocycles. The highest BCUT2D eigenvalue weighted by Crippen LogP contribution is 2.37. The second kappa shape index (κ2) is 21.9. The highest BCUT2D eigenvalue weighted by molar-refractivity contribution is 5.75. The SMILES string of the molecule is CCCCCC(CCCCC)(CCCCOCCCCCCCC(COC)(COC)C(=O)O)C(=O)O. The molecule has 2 N–H and O–H groups in total. The van der Waals surface area contributed by atoms with Crippen LogP contribution in [-0.4, -0.2) is 62.8 Å². The summed E-state index contributed by atoms with van der Waals surface area (Å²) in [4.78, 5) is 23.9. The van der Waals surface area contributed by atoms with E-state index in [-0.39, 0.29) is 13.2 Å². The Morgan fingerprint density at radius 1 is 0.556 bits per heavy atom. The van der Waals surface area contributed by atoms with Gasteiger partial charge in [-0.15, -0.1) is 0 Å². The van der Waals surface area contributed by atoms with Crippen LogP contribution >= 0.6 is 0 Å². The standard InChI is InChI=1S/C29H56O7/c1-5-7-12-18-28(26(30)31,19-13-8-6-2)20-15-17-23-36-22-16-11-9-10-14-21-29(24-34-3,25-35-4)27(32)33/h5-25H2,1-4H3,(H,30,31)(H,32,33). The van der Waals surface area contributed by atoms with Gasteiger partial charge in [0.15, 0.2) is 0 Å². The Bertz CT molecular complexity index is 534. The number of carboxylic acids is 2. The minimum Gasteiger partial charge on any atom is -0.481 e. The van der Waals surface area contributed by atoms with E-state index in [9.17, 15) is 19.8 Å². The predicted molar refractivity (Wildman–Crippen MR) is 145 cm³/mol. The molecule has 0 unspecified atom stereocenters. The number of carboxylic acid groups (broad SMARTS) is 2. The van der Waals surface area contributed by atoms with E-state index in [0.29, 0.717) is 13.0 Å². The fourth-order valence-electron chi connectivity index (χ4n) is 5.06. The normalized spacial score (nSPS) is 12.2. The lowest BCUT2D eigenvalue weighted by Gasteiger charge is -2.30. The number of hydrogen-bond donors (Lipinski definition) is 2. The zero-order chi connectivity index (χ0) is 27.1. The molecule has 0 aromatic rings. The van der Waals surface area contributed by atoms with Crippen LogP contribution in [0.1, 0.15) is 123 Å². The van der Waals surface area contributed by atoms with Gasteiger partial charge in [-0.3, -0.25) is 9.59 Å². The average molecular weight is 517 g/mol. The van der Waals surface area contributed by atoms with Gasteiger partial charge in [-0.1, -0.05) is 84.5 Å². The van der Waals surface area contributed by atoms with E-state index in [2.05, 4.69) is 13.8 Å². The molecule has 0 spiro atoms. The molecule has 0 aliphatic rings. The smallest absolute Gasteiger partial charge is 0.314 e. The molecular formula is C29H56O7. The fraction of sp³-hybridized carbons (Fsp3) is 0.931. The second-order valence-electron chi connectivity index (χ2n) is 10.5. The van der Waals surface area contributed by atoms with E-state index in [0.717, 1.165) is 109 Å². The van der Waals surface area contributed by atoms with Crippen LogP contribution in [0.4, 0.5) is 0 Å². The van der Waals surface area contributed by atoms with Crippen molar-refractivity contribution in [2.45, 2.75) is 123 Å². The first-order chi connectivity index (χ1) is 17.3. The Balaban J connectivity index is 4.12. The van der Waals surface area contributed by atoms with Crippen LogP contribution in [0, 0.1) is 10.8 Å². The van der Waals surface area contributed by atoms with Crippen molar-refractivity contribution in [1.82, 2.24) is 0 Å². The molecular weight excluding hydrogens is 460 g/mol. The third kappa shape index (κ3) is 14.5. The average Bonchev–Trinajstić information content (AvgIpc) is 2.84. The molecule has 214 valence electrons. The topological polar surface area (TPSA) is 102 Å². The number of carbonyl (C=O) groups is 2.